The van der Waals surface area contributed by atoms with Gasteiger partial charge in [-0.15, -0.1) is 12.4 Å². The molecular weight excluding hydrogens is 292 g/mol. The fourth-order valence-corrected chi connectivity index (χ4v) is 3.21. The molecule has 0 spiro atoms. The van der Waals surface area contributed by atoms with Crippen molar-refractivity contribution < 1.29 is 14.3 Å². The Bertz CT molecular complexity index is 298. The van der Waals surface area contributed by atoms with E-state index in [1.54, 1.807) is 7.11 Å². The first-order chi connectivity index (χ1) is 9.74. The van der Waals surface area contributed by atoms with Crippen LogP contribution in [0.15, 0.2) is 0 Å². The van der Waals surface area contributed by atoms with Crippen LogP contribution in [0.4, 0.5) is 0 Å². The number of hydrogen-bond donors (Lipinski definition) is 2. The van der Waals surface area contributed by atoms with Crippen molar-refractivity contribution in [1.82, 2.24) is 10.6 Å². The minimum absolute atomic E-state index is 0. The first kappa shape index (κ1) is 18.7. The van der Waals surface area contributed by atoms with Crippen molar-refractivity contribution in [3.8, 4) is 0 Å². The van der Waals surface area contributed by atoms with Crippen molar-refractivity contribution in [2.24, 2.45) is 11.3 Å². The molecule has 0 aromatic rings. The largest absolute Gasteiger partial charge is 0.384 e. The fourth-order valence-electron chi connectivity index (χ4n) is 3.21. The zero-order valence-electron chi connectivity index (χ0n) is 13.0. The average Bonchev–Trinajstić information content (AvgIpc) is 2.48. The molecule has 2 aliphatic heterocycles. The van der Waals surface area contributed by atoms with E-state index < -0.39 is 0 Å². The van der Waals surface area contributed by atoms with Crippen molar-refractivity contribution >= 4 is 18.3 Å². The van der Waals surface area contributed by atoms with Gasteiger partial charge in [0.05, 0.1) is 6.61 Å². The Kier molecular flexibility index (Phi) is 8.56. The number of ether oxygens (including phenoxy) is 2. The quantitative estimate of drug-likeness (QED) is 0.776. The lowest BCUT2D eigenvalue weighted by molar-refractivity contribution is -0.123. The zero-order chi connectivity index (χ0) is 14.3. The van der Waals surface area contributed by atoms with E-state index in [4.69, 9.17) is 9.47 Å². The van der Waals surface area contributed by atoms with E-state index in [0.29, 0.717) is 12.3 Å². The summed E-state index contributed by atoms with van der Waals surface area (Å²) in [6, 6.07) is 0. The number of hydrogen-bond acceptors (Lipinski definition) is 4. The normalized spacial score (nSPS) is 22.3. The Balaban J connectivity index is 0.00000220. The monoisotopic (exact) mass is 320 g/mol. The molecule has 2 saturated heterocycles. The summed E-state index contributed by atoms with van der Waals surface area (Å²) in [5.41, 5.74) is 0.116. The number of methoxy groups -OCH3 is 1. The van der Waals surface area contributed by atoms with Crippen molar-refractivity contribution in [2.45, 2.75) is 32.1 Å². The Hall–Kier alpha value is -0.360. The van der Waals surface area contributed by atoms with Crippen LogP contribution >= 0.6 is 12.4 Å². The van der Waals surface area contributed by atoms with Crippen LogP contribution in [0, 0.1) is 11.3 Å². The van der Waals surface area contributed by atoms with Crippen LogP contribution in [0.1, 0.15) is 32.1 Å². The molecule has 2 aliphatic rings. The summed E-state index contributed by atoms with van der Waals surface area (Å²) in [6.07, 6.45) is 4.81. The van der Waals surface area contributed by atoms with Gasteiger partial charge in [-0.05, 0) is 44.7 Å². The highest BCUT2D eigenvalue weighted by Gasteiger charge is 2.32. The molecule has 0 bridgehead atoms. The lowest BCUT2D eigenvalue weighted by atomic mass is 9.79. The summed E-state index contributed by atoms with van der Waals surface area (Å²) in [4.78, 5) is 12.1. The Labute approximate surface area is 133 Å². The minimum atomic E-state index is 0. The minimum Gasteiger partial charge on any atom is -0.384 e. The first-order valence-electron chi connectivity index (χ1n) is 7.78. The Morgan fingerprint density at radius 3 is 2.62 bits per heavy atom. The fraction of sp³-hybridized carbons (Fsp3) is 0.933. The van der Waals surface area contributed by atoms with Crippen LogP contribution in [0.3, 0.4) is 0 Å². The van der Waals surface area contributed by atoms with Gasteiger partial charge in [0.1, 0.15) is 0 Å². The number of carbonyl (C=O) groups excluding carboxylic acids is 1. The second-order valence-electron chi connectivity index (χ2n) is 6.22. The van der Waals surface area contributed by atoms with Crippen LogP contribution in [0.25, 0.3) is 0 Å². The zero-order valence-corrected chi connectivity index (χ0v) is 13.8. The maximum absolute atomic E-state index is 12.1. The summed E-state index contributed by atoms with van der Waals surface area (Å²) in [7, 11) is 1.74. The SMILES string of the molecule is COCC1(CNC(=O)CC2CCOCC2)CCNCC1.Cl. The third-order valence-electron chi connectivity index (χ3n) is 4.59. The van der Waals surface area contributed by atoms with Crippen LogP contribution < -0.4 is 10.6 Å². The van der Waals surface area contributed by atoms with Gasteiger partial charge in [0.15, 0.2) is 0 Å². The van der Waals surface area contributed by atoms with Gasteiger partial charge in [0.25, 0.3) is 0 Å². The molecule has 5 nitrogen and oxygen atoms in total. The molecule has 2 fully saturated rings. The summed E-state index contributed by atoms with van der Waals surface area (Å²) in [5, 5.41) is 6.51. The molecule has 2 rings (SSSR count). The second-order valence-corrected chi connectivity index (χ2v) is 6.22. The van der Waals surface area contributed by atoms with Gasteiger partial charge in [0, 0.05) is 38.7 Å². The van der Waals surface area contributed by atoms with E-state index in [1.165, 1.54) is 0 Å². The predicted molar refractivity (Wildman–Crippen MR) is 84.8 cm³/mol. The van der Waals surface area contributed by atoms with E-state index in [-0.39, 0.29) is 23.7 Å². The van der Waals surface area contributed by atoms with E-state index in [2.05, 4.69) is 10.6 Å². The Morgan fingerprint density at radius 1 is 1.33 bits per heavy atom. The maximum Gasteiger partial charge on any atom is 0.220 e. The molecule has 0 aliphatic carbocycles. The van der Waals surface area contributed by atoms with Gasteiger partial charge in [-0.25, -0.2) is 0 Å². The lowest BCUT2D eigenvalue weighted by Crippen LogP contribution is -2.47. The smallest absolute Gasteiger partial charge is 0.220 e. The molecule has 0 aromatic heterocycles. The second kappa shape index (κ2) is 9.62. The summed E-state index contributed by atoms with van der Waals surface area (Å²) in [5.74, 6) is 0.682. The van der Waals surface area contributed by atoms with E-state index >= 15 is 0 Å². The first-order valence-corrected chi connectivity index (χ1v) is 7.78. The molecular formula is C15H29ClN2O3. The topological polar surface area (TPSA) is 59.6 Å². The number of rotatable bonds is 6. The number of nitrogens with one attached hydrogen (secondary N) is 2. The van der Waals surface area contributed by atoms with Gasteiger partial charge >= 0.3 is 0 Å². The van der Waals surface area contributed by atoms with E-state index in [9.17, 15) is 4.79 Å². The molecule has 0 saturated carbocycles. The number of piperidine rings is 1. The predicted octanol–water partition coefficient (Wildman–Crippen LogP) is 1.36. The maximum atomic E-state index is 12.1. The molecule has 124 valence electrons. The molecule has 2 N–H and O–H groups in total. The van der Waals surface area contributed by atoms with Crippen LogP contribution in [-0.4, -0.2) is 52.5 Å². The standard InChI is InChI=1S/C15H28N2O3.ClH/c1-19-12-15(4-6-16-7-5-15)11-17-14(18)10-13-2-8-20-9-3-13;/h13,16H,2-12H2,1H3,(H,17,18);1H. The molecule has 1 amide bonds. The lowest BCUT2D eigenvalue weighted by Gasteiger charge is -2.37. The third kappa shape index (κ3) is 6.10. The van der Waals surface area contributed by atoms with Crippen LogP contribution in [0.5, 0.6) is 0 Å². The highest BCUT2D eigenvalue weighted by atomic mass is 35.5. The van der Waals surface area contributed by atoms with E-state index in [1.807, 2.05) is 0 Å². The van der Waals surface area contributed by atoms with Gasteiger partial charge < -0.3 is 20.1 Å². The molecule has 0 unspecified atom stereocenters. The van der Waals surface area contributed by atoms with Crippen LogP contribution in [0.2, 0.25) is 0 Å². The molecule has 0 radical (unpaired) electrons. The number of carbonyl (C=O) groups is 1. The summed E-state index contributed by atoms with van der Waals surface area (Å²) >= 11 is 0. The molecule has 0 atom stereocenters. The third-order valence-corrected chi connectivity index (χ3v) is 4.59. The van der Waals surface area contributed by atoms with Crippen LogP contribution in [-0.2, 0) is 14.3 Å². The molecule has 2 heterocycles. The van der Waals surface area contributed by atoms with Gasteiger partial charge in [0.2, 0.25) is 5.91 Å². The molecule has 0 aromatic carbocycles. The van der Waals surface area contributed by atoms with E-state index in [0.717, 1.165) is 65.1 Å². The molecule has 6 heteroatoms. The summed E-state index contributed by atoms with van der Waals surface area (Å²) in [6.45, 7) is 5.10. The Morgan fingerprint density at radius 2 is 2.00 bits per heavy atom. The highest BCUT2D eigenvalue weighted by molar-refractivity contribution is 5.85. The average molecular weight is 321 g/mol. The summed E-state index contributed by atoms with van der Waals surface area (Å²) < 4.78 is 10.7. The number of halogens is 1. The number of amides is 1. The van der Waals surface area contributed by atoms with Crippen molar-refractivity contribution in [3.63, 3.8) is 0 Å². The van der Waals surface area contributed by atoms with Gasteiger partial charge in [-0.1, -0.05) is 0 Å². The molecule has 21 heavy (non-hydrogen) atoms. The highest BCUT2D eigenvalue weighted by Crippen LogP contribution is 2.28. The van der Waals surface area contributed by atoms with Gasteiger partial charge in [-0.2, -0.15) is 0 Å². The van der Waals surface area contributed by atoms with Crippen molar-refractivity contribution in [3.05, 3.63) is 0 Å². The van der Waals surface area contributed by atoms with Crippen molar-refractivity contribution in [1.29, 1.82) is 0 Å². The van der Waals surface area contributed by atoms with Gasteiger partial charge in [-0.3, -0.25) is 4.79 Å². The van der Waals surface area contributed by atoms with Crippen molar-refractivity contribution in [2.75, 3.05) is 46.6 Å².